The first-order chi connectivity index (χ1) is 6.31. The maximum atomic E-state index is 5.18. The molecule has 0 amide bonds. The quantitative estimate of drug-likeness (QED) is 0.707. The number of methoxy groups -OCH3 is 2. The SMILES string of the molecule is CC[CH]c1ccc(OC)c(OC)c1. The molecule has 0 unspecified atom stereocenters. The predicted octanol–water partition coefficient (Wildman–Crippen LogP) is 2.67. The van der Waals surface area contributed by atoms with Gasteiger partial charge in [0.2, 0.25) is 0 Å². The van der Waals surface area contributed by atoms with Crippen molar-refractivity contribution in [3.8, 4) is 11.5 Å². The van der Waals surface area contributed by atoms with Gasteiger partial charge in [-0.2, -0.15) is 0 Å². The molecule has 0 atom stereocenters. The van der Waals surface area contributed by atoms with Crippen molar-refractivity contribution in [2.75, 3.05) is 14.2 Å². The van der Waals surface area contributed by atoms with Crippen molar-refractivity contribution in [2.24, 2.45) is 0 Å². The molecule has 0 bridgehead atoms. The summed E-state index contributed by atoms with van der Waals surface area (Å²) in [6.45, 7) is 2.11. The summed E-state index contributed by atoms with van der Waals surface area (Å²) in [6.07, 6.45) is 3.16. The third-order valence-electron chi connectivity index (χ3n) is 1.85. The second kappa shape index (κ2) is 4.75. The summed E-state index contributed by atoms with van der Waals surface area (Å²) < 4.78 is 10.3. The highest BCUT2D eigenvalue weighted by atomic mass is 16.5. The van der Waals surface area contributed by atoms with Gasteiger partial charge < -0.3 is 9.47 Å². The molecular formula is C11H15O2. The van der Waals surface area contributed by atoms with E-state index in [1.54, 1.807) is 14.2 Å². The van der Waals surface area contributed by atoms with Gasteiger partial charge in [0.25, 0.3) is 0 Å². The number of hydrogen-bond acceptors (Lipinski definition) is 2. The van der Waals surface area contributed by atoms with E-state index < -0.39 is 0 Å². The first-order valence-electron chi connectivity index (χ1n) is 4.37. The average Bonchev–Trinajstić information content (AvgIpc) is 2.18. The Bertz CT molecular complexity index is 269. The van der Waals surface area contributed by atoms with Gasteiger partial charge in [0.05, 0.1) is 14.2 Å². The Labute approximate surface area is 79.5 Å². The predicted molar refractivity (Wildman–Crippen MR) is 53.2 cm³/mol. The Hall–Kier alpha value is -1.18. The van der Waals surface area contributed by atoms with Gasteiger partial charge in [-0.05, 0) is 30.5 Å². The third-order valence-corrected chi connectivity index (χ3v) is 1.85. The topological polar surface area (TPSA) is 18.5 Å². The fourth-order valence-corrected chi connectivity index (χ4v) is 1.22. The number of hydrogen-bond donors (Lipinski definition) is 0. The lowest BCUT2D eigenvalue weighted by Crippen LogP contribution is -1.91. The summed E-state index contributed by atoms with van der Waals surface area (Å²) in [5.74, 6) is 1.56. The highest BCUT2D eigenvalue weighted by Gasteiger charge is 2.03. The Balaban J connectivity index is 2.91. The van der Waals surface area contributed by atoms with Gasteiger partial charge in [0.15, 0.2) is 11.5 Å². The van der Waals surface area contributed by atoms with Gasteiger partial charge in [-0.15, -0.1) is 0 Å². The normalized spacial score (nSPS) is 9.77. The van der Waals surface area contributed by atoms with E-state index >= 15 is 0 Å². The van der Waals surface area contributed by atoms with Crippen LogP contribution in [-0.4, -0.2) is 14.2 Å². The van der Waals surface area contributed by atoms with Gasteiger partial charge in [-0.3, -0.25) is 0 Å². The highest BCUT2D eigenvalue weighted by molar-refractivity contribution is 5.44. The molecule has 0 spiro atoms. The summed E-state index contributed by atoms with van der Waals surface area (Å²) in [6, 6.07) is 5.91. The largest absolute Gasteiger partial charge is 0.493 e. The van der Waals surface area contributed by atoms with Crippen LogP contribution >= 0.6 is 0 Å². The van der Waals surface area contributed by atoms with E-state index in [0.29, 0.717) is 0 Å². The number of rotatable bonds is 4. The maximum absolute atomic E-state index is 5.18. The lowest BCUT2D eigenvalue weighted by molar-refractivity contribution is 0.354. The molecule has 71 valence electrons. The van der Waals surface area contributed by atoms with Crippen LogP contribution in [0.3, 0.4) is 0 Å². The van der Waals surface area contributed by atoms with E-state index in [1.165, 1.54) is 5.56 Å². The van der Waals surface area contributed by atoms with E-state index in [-0.39, 0.29) is 0 Å². The minimum Gasteiger partial charge on any atom is -0.493 e. The van der Waals surface area contributed by atoms with E-state index in [4.69, 9.17) is 9.47 Å². The molecule has 0 saturated heterocycles. The van der Waals surface area contributed by atoms with Gasteiger partial charge >= 0.3 is 0 Å². The van der Waals surface area contributed by atoms with Crippen molar-refractivity contribution in [3.63, 3.8) is 0 Å². The van der Waals surface area contributed by atoms with E-state index in [0.717, 1.165) is 17.9 Å². The van der Waals surface area contributed by atoms with Crippen LogP contribution < -0.4 is 9.47 Å². The summed E-state index contributed by atoms with van der Waals surface area (Å²) in [5, 5.41) is 0. The lowest BCUT2D eigenvalue weighted by atomic mass is 10.1. The van der Waals surface area contributed by atoms with Crippen molar-refractivity contribution in [1.29, 1.82) is 0 Å². The van der Waals surface area contributed by atoms with Crippen molar-refractivity contribution in [2.45, 2.75) is 13.3 Å². The molecule has 13 heavy (non-hydrogen) atoms. The molecule has 0 fully saturated rings. The Morgan fingerprint density at radius 2 is 1.85 bits per heavy atom. The molecule has 0 N–H and O–H groups in total. The molecule has 2 nitrogen and oxygen atoms in total. The van der Waals surface area contributed by atoms with E-state index in [1.807, 2.05) is 18.2 Å². The summed E-state index contributed by atoms with van der Waals surface area (Å²) in [4.78, 5) is 0. The molecule has 1 radical (unpaired) electrons. The van der Waals surface area contributed by atoms with Crippen LogP contribution in [0.1, 0.15) is 18.9 Å². The molecule has 0 aliphatic heterocycles. The Morgan fingerprint density at radius 1 is 1.15 bits per heavy atom. The first-order valence-corrected chi connectivity index (χ1v) is 4.37. The molecule has 0 aliphatic carbocycles. The number of ether oxygens (including phenoxy) is 2. The van der Waals surface area contributed by atoms with Crippen molar-refractivity contribution >= 4 is 0 Å². The number of benzene rings is 1. The molecule has 1 rings (SSSR count). The smallest absolute Gasteiger partial charge is 0.160 e. The molecule has 0 aromatic heterocycles. The molecule has 0 saturated carbocycles. The van der Waals surface area contributed by atoms with E-state index in [9.17, 15) is 0 Å². The van der Waals surface area contributed by atoms with Crippen LogP contribution in [0.25, 0.3) is 0 Å². The standard InChI is InChI=1S/C11H15O2/c1-4-5-9-6-7-10(12-2)11(8-9)13-3/h5-8H,4H2,1-3H3. The Morgan fingerprint density at radius 3 is 2.38 bits per heavy atom. The average molecular weight is 179 g/mol. The molecule has 1 aromatic rings. The van der Waals surface area contributed by atoms with Crippen LogP contribution in [0, 0.1) is 6.42 Å². The second-order valence-electron chi connectivity index (χ2n) is 2.73. The highest BCUT2D eigenvalue weighted by Crippen LogP contribution is 2.28. The fourth-order valence-electron chi connectivity index (χ4n) is 1.22. The third kappa shape index (κ3) is 2.38. The minimum atomic E-state index is 0.774. The van der Waals surface area contributed by atoms with Gasteiger partial charge in [-0.1, -0.05) is 13.0 Å². The zero-order valence-electron chi connectivity index (χ0n) is 8.33. The lowest BCUT2D eigenvalue weighted by Gasteiger charge is -2.08. The molecule has 0 heterocycles. The molecule has 1 aromatic carbocycles. The molecule has 2 heteroatoms. The van der Waals surface area contributed by atoms with Crippen molar-refractivity contribution in [3.05, 3.63) is 30.2 Å². The van der Waals surface area contributed by atoms with Gasteiger partial charge in [-0.25, -0.2) is 0 Å². The monoisotopic (exact) mass is 179 g/mol. The Kier molecular flexibility index (Phi) is 3.62. The van der Waals surface area contributed by atoms with Crippen LogP contribution in [0.2, 0.25) is 0 Å². The fraction of sp³-hybridized carbons (Fsp3) is 0.364. The molecular weight excluding hydrogens is 164 g/mol. The van der Waals surface area contributed by atoms with Gasteiger partial charge in [0, 0.05) is 0 Å². The van der Waals surface area contributed by atoms with Crippen LogP contribution in [0.4, 0.5) is 0 Å². The maximum Gasteiger partial charge on any atom is 0.160 e. The van der Waals surface area contributed by atoms with Crippen LogP contribution in [0.5, 0.6) is 11.5 Å². The summed E-state index contributed by atoms with van der Waals surface area (Å²) >= 11 is 0. The van der Waals surface area contributed by atoms with Crippen molar-refractivity contribution in [1.82, 2.24) is 0 Å². The van der Waals surface area contributed by atoms with Crippen LogP contribution in [-0.2, 0) is 0 Å². The van der Waals surface area contributed by atoms with Crippen molar-refractivity contribution < 1.29 is 9.47 Å². The summed E-state index contributed by atoms with van der Waals surface area (Å²) in [5.41, 5.74) is 1.17. The van der Waals surface area contributed by atoms with Gasteiger partial charge in [0.1, 0.15) is 0 Å². The van der Waals surface area contributed by atoms with E-state index in [2.05, 4.69) is 13.3 Å². The zero-order chi connectivity index (χ0) is 9.68. The second-order valence-corrected chi connectivity index (χ2v) is 2.73. The first kappa shape index (κ1) is 9.90. The zero-order valence-corrected chi connectivity index (χ0v) is 8.33. The summed E-state index contributed by atoms with van der Waals surface area (Å²) in [7, 11) is 3.29. The minimum absolute atomic E-state index is 0.774. The van der Waals surface area contributed by atoms with Crippen LogP contribution in [0.15, 0.2) is 18.2 Å². The molecule has 0 aliphatic rings.